The number of hydrogen-bond acceptors (Lipinski definition) is 4. The topological polar surface area (TPSA) is 67.6 Å². The molecule has 0 aliphatic carbocycles. The Morgan fingerprint density at radius 2 is 2.20 bits per heavy atom. The van der Waals surface area contributed by atoms with Gasteiger partial charge < -0.3 is 20.7 Å². The minimum absolute atomic E-state index is 0.0273. The molecule has 0 aliphatic heterocycles. The van der Waals surface area contributed by atoms with Crippen LogP contribution < -0.4 is 11.1 Å². The molecule has 0 saturated heterocycles. The van der Waals surface area contributed by atoms with Crippen LogP contribution in [0.15, 0.2) is 18.2 Å². The Labute approximate surface area is 118 Å². The van der Waals surface area contributed by atoms with Crippen LogP contribution in [0.1, 0.15) is 12.8 Å². The molecule has 0 aromatic heterocycles. The fourth-order valence-corrected chi connectivity index (χ4v) is 1.73. The van der Waals surface area contributed by atoms with Gasteiger partial charge in [0.15, 0.2) is 0 Å². The number of halogens is 1. The van der Waals surface area contributed by atoms with Gasteiger partial charge >= 0.3 is 0 Å². The van der Waals surface area contributed by atoms with Crippen molar-refractivity contribution in [3.05, 3.63) is 24.0 Å². The Kier molecular flexibility index (Phi) is 6.97. The zero-order valence-electron chi connectivity index (χ0n) is 12.0. The van der Waals surface area contributed by atoms with Crippen molar-refractivity contribution in [3.8, 4) is 0 Å². The van der Waals surface area contributed by atoms with E-state index in [2.05, 4.69) is 10.2 Å². The number of carbonyl (C=O) groups is 1. The summed E-state index contributed by atoms with van der Waals surface area (Å²) in [5.41, 5.74) is 5.98. The van der Waals surface area contributed by atoms with Crippen molar-refractivity contribution >= 4 is 17.3 Å². The quantitative estimate of drug-likeness (QED) is 0.563. The minimum Gasteiger partial charge on any atom is -0.396 e. The van der Waals surface area contributed by atoms with Gasteiger partial charge in [-0.15, -0.1) is 0 Å². The van der Waals surface area contributed by atoms with Crippen LogP contribution in [0.2, 0.25) is 0 Å². The Bertz CT molecular complexity index is 440. The fraction of sp³-hybridized carbons (Fsp3) is 0.500. The number of hydrogen-bond donors (Lipinski definition) is 2. The number of ether oxygens (including phenoxy) is 1. The standard InChI is InChI=1S/C14H22FN3O2/c1-18(7-3-9-20-2)8-6-14(19)17-11-4-5-12(15)13(16)10-11/h4-5,10H,3,6-9,16H2,1-2H3,(H,17,19). The Balaban J connectivity index is 2.30. The van der Waals surface area contributed by atoms with Crippen LogP contribution in [0, 0.1) is 5.82 Å². The highest BCUT2D eigenvalue weighted by molar-refractivity contribution is 5.91. The number of anilines is 2. The first-order chi connectivity index (χ1) is 9.52. The predicted octanol–water partition coefficient (Wildman–Crippen LogP) is 1.70. The van der Waals surface area contributed by atoms with Crippen LogP contribution in [0.25, 0.3) is 0 Å². The van der Waals surface area contributed by atoms with E-state index in [0.29, 0.717) is 25.3 Å². The lowest BCUT2D eigenvalue weighted by Crippen LogP contribution is -2.25. The second-order valence-electron chi connectivity index (χ2n) is 4.68. The average molecular weight is 283 g/mol. The number of nitrogen functional groups attached to an aromatic ring is 1. The molecule has 1 aromatic carbocycles. The second kappa shape index (κ2) is 8.50. The van der Waals surface area contributed by atoms with Gasteiger partial charge in [-0.05, 0) is 31.7 Å². The summed E-state index contributed by atoms with van der Waals surface area (Å²) >= 11 is 0. The number of nitrogens with two attached hydrogens (primary N) is 1. The van der Waals surface area contributed by atoms with E-state index in [4.69, 9.17) is 10.5 Å². The van der Waals surface area contributed by atoms with E-state index in [1.165, 1.54) is 18.2 Å². The first-order valence-electron chi connectivity index (χ1n) is 6.55. The summed E-state index contributed by atoms with van der Waals surface area (Å²) in [5.74, 6) is -0.601. The van der Waals surface area contributed by atoms with Gasteiger partial charge in [-0.25, -0.2) is 4.39 Å². The third-order valence-electron chi connectivity index (χ3n) is 2.89. The molecule has 3 N–H and O–H groups in total. The lowest BCUT2D eigenvalue weighted by Gasteiger charge is -2.16. The summed E-state index contributed by atoms with van der Waals surface area (Å²) in [5, 5.41) is 2.70. The van der Waals surface area contributed by atoms with E-state index in [-0.39, 0.29) is 11.6 Å². The molecule has 112 valence electrons. The predicted molar refractivity (Wildman–Crippen MR) is 78.0 cm³/mol. The normalized spacial score (nSPS) is 10.8. The van der Waals surface area contributed by atoms with E-state index in [0.717, 1.165) is 13.0 Å². The van der Waals surface area contributed by atoms with Crippen molar-refractivity contribution in [2.45, 2.75) is 12.8 Å². The Morgan fingerprint density at radius 3 is 2.85 bits per heavy atom. The molecule has 1 rings (SSSR count). The van der Waals surface area contributed by atoms with Gasteiger partial charge in [0.2, 0.25) is 5.91 Å². The smallest absolute Gasteiger partial charge is 0.225 e. The average Bonchev–Trinajstić information content (AvgIpc) is 2.41. The summed E-state index contributed by atoms with van der Waals surface area (Å²) in [7, 11) is 3.63. The molecule has 1 amide bonds. The number of amides is 1. The molecule has 0 aliphatic rings. The lowest BCUT2D eigenvalue weighted by atomic mass is 10.2. The molecule has 5 nitrogen and oxygen atoms in total. The molecule has 6 heteroatoms. The van der Waals surface area contributed by atoms with Crippen molar-refractivity contribution in [3.63, 3.8) is 0 Å². The maximum atomic E-state index is 13.0. The van der Waals surface area contributed by atoms with Gasteiger partial charge in [-0.2, -0.15) is 0 Å². The third kappa shape index (κ3) is 5.99. The van der Waals surface area contributed by atoms with Gasteiger partial charge in [0, 0.05) is 38.9 Å². The van der Waals surface area contributed by atoms with E-state index in [1.807, 2.05) is 7.05 Å². The lowest BCUT2D eigenvalue weighted by molar-refractivity contribution is -0.116. The van der Waals surface area contributed by atoms with Crippen LogP contribution in [0.5, 0.6) is 0 Å². The molecule has 0 bridgehead atoms. The molecule has 0 atom stereocenters. The van der Waals surface area contributed by atoms with E-state index in [1.54, 1.807) is 7.11 Å². The highest BCUT2D eigenvalue weighted by Gasteiger charge is 2.06. The number of methoxy groups -OCH3 is 1. The zero-order chi connectivity index (χ0) is 15.0. The first kappa shape index (κ1) is 16.4. The summed E-state index contributed by atoms with van der Waals surface area (Å²) < 4.78 is 18.0. The van der Waals surface area contributed by atoms with E-state index in [9.17, 15) is 9.18 Å². The van der Waals surface area contributed by atoms with Crippen LogP contribution in [-0.2, 0) is 9.53 Å². The van der Waals surface area contributed by atoms with E-state index < -0.39 is 5.82 Å². The molecule has 0 unspecified atom stereocenters. The first-order valence-corrected chi connectivity index (χ1v) is 6.55. The highest BCUT2D eigenvalue weighted by atomic mass is 19.1. The summed E-state index contributed by atoms with van der Waals surface area (Å²) in [6, 6.07) is 4.14. The zero-order valence-corrected chi connectivity index (χ0v) is 12.0. The largest absolute Gasteiger partial charge is 0.396 e. The van der Waals surface area contributed by atoms with Crippen molar-refractivity contribution in [2.75, 3.05) is 44.9 Å². The van der Waals surface area contributed by atoms with Crippen LogP contribution in [-0.4, -0.2) is 44.7 Å². The Morgan fingerprint density at radius 1 is 1.45 bits per heavy atom. The second-order valence-corrected chi connectivity index (χ2v) is 4.68. The molecule has 1 aromatic rings. The number of rotatable bonds is 8. The van der Waals surface area contributed by atoms with Gasteiger partial charge in [-0.3, -0.25) is 4.79 Å². The molecule has 0 radical (unpaired) electrons. The maximum absolute atomic E-state index is 13.0. The molecule has 0 fully saturated rings. The molecule has 0 spiro atoms. The SMILES string of the molecule is COCCCN(C)CCC(=O)Nc1ccc(F)c(N)c1. The molecular weight excluding hydrogens is 261 g/mol. The van der Waals surface area contributed by atoms with Crippen LogP contribution in [0.4, 0.5) is 15.8 Å². The van der Waals surface area contributed by atoms with Crippen molar-refractivity contribution in [2.24, 2.45) is 0 Å². The van der Waals surface area contributed by atoms with Gasteiger partial charge in [0.1, 0.15) is 5.82 Å². The van der Waals surface area contributed by atoms with Crippen molar-refractivity contribution in [1.29, 1.82) is 0 Å². The van der Waals surface area contributed by atoms with Gasteiger partial charge in [0.05, 0.1) is 5.69 Å². The van der Waals surface area contributed by atoms with Crippen LogP contribution in [0.3, 0.4) is 0 Å². The summed E-state index contributed by atoms with van der Waals surface area (Å²) in [4.78, 5) is 13.8. The number of nitrogens with zero attached hydrogens (tertiary/aromatic N) is 1. The number of nitrogens with one attached hydrogen (secondary N) is 1. The van der Waals surface area contributed by atoms with Crippen molar-refractivity contribution in [1.82, 2.24) is 4.90 Å². The molecular formula is C14H22FN3O2. The third-order valence-corrected chi connectivity index (χ3v) is 2.89. The molecule has 20 heavy (non-hydrogen) atoms. The Hall–Kier alpha value is -1.66. The summed E-state index contributed by atoms with van der Waals surface area (Å²) in [6.07, 6.45) is 1.31. The van der Waals surface area contributed by atoms with E-state index >= 15 is 0 Å². The number of carbonyl (C=O) groups excluding carboxylic acids is 1. The van der Waals surface area contributed by atoms with Gasteiger partial charge in [0.25, 0.3) is 0 Å². The monoisotopic (exact) mass is 283 g/mol. The van der Waals surface area contributed by atoms with Crippen molar-refractivity contribution < 1.29 is 13.9 Å². The molecule has 0 heterocycles. The number of benzene rings is 1. The summed E-state index contributed by atoms with van der Waals surface area (Å²) in [6.45, 7) is 2.25. The highest BCUT2D eigenvalue weighted by Crippen LogP contribution is 2.16. The minimum atomic E-state index is -0.485. The fourth-order valence-electron chi connectivity index (χ4n) is 1.73. The van der Waals surface area contributed by atoms with Crippen LogP contribution >= 0.6 is 0 Å². The van der Waals surface area contributed by atoms with Gasteiger partial charge in [-0.1, -0.05) is 0 Å². The molecule has 0 saturated carbocycles. The maximum Gasteiger partial charge on any atom is 0.225 e.